The van der Waals surface area contributed by atoms with Gasteiger partial charge in [0, 0.05) is 0 Å². The lowest BCUT2D eigenvalue weighted by molar-refractivity contribution is 0.706. The van der Waals surface area contributed by atoms with Crippen LogP contribution >= 0.6 is 0 Å². The lowest BCUT2D eigenvalue weighted by atomic mass is 9.67. The van der Waals surface area contributed by atoms with Crippen molar-refractivity contribution >= 4 is 5.57 Å². The van der Waals surface area contributed by atoms with Crippen LogP contribution < -0.4 is 0 Å². The van der Waals surface area contributed by atoms with E-state index in [-0.39, 0.29) is 5.41 Å². The maximum Gasteiger partial charge on any atom is 0.0688 e. The van der Waals surface area contributed by atoms with Crippen LogP contribution in [0.3, 0.4) is 0 Å². The van der Waals surface area contributed by atoms with Crippen molar-refractivity contribution in [1.29, 1.82) is 0 Å². The molecule has 0 unspecified atom stereocenters. The summed E-state index contributed by atoms with van der Waals surface area (Å²) in [5, 5.41) is 0. The summed E-state index contributed by atoms with van der Waals surface area (Å²) in [6.45, 7) is 2.23. The van der Waals surface area contributed by atoms with E-state index in [0.717, 1.165) is 12.8 Å². The average molecular weight is 383 g/mol. The topological polar surface area (TPSA) is 0 Å². The Labute approximate surface area is 177 Å². The molecule has 0 heterocycles. The Morgan fingerprint density at radius 2 is 1.20 bits per heavy atom. The Morgan fingerprint density at radius 3 is 1.93 bits per heavy atom. The van der Waals surface area contributed by atoms with Gasteiger partial charge in [0.05, 0.1) is 5.41 Å². The molecule has 0 aromatic heterocycles. The van der Waals surface area contributed by atoms with Gasteiger partial charge in [-0.3, -0.25) is 0 Å². The highest BCUT2D eigenvalue weighted by atomic mass is 14.5. The van der Waals surface area contributed by atoms with Crippen molar-refractivity contribution in [2.24, 2.45) is 0 Å². The minimum atomic E-state index is -0.155. The van der Waals surface area contributed by atoms with E-state index in [1.807, 2.05) is 0 Å². The number of hydrogen-bond donors (Lipinski definition) is 0. The minimum Gasteiger partial charge on any atom is -0.0620 e. The van der Waals surface area contributed by atoms with Crippen molar-refractivity contribution in [1.82, 2.24) is 0 Å². The third-order valence-electron chi connectivity index (χ3n) is 7.49. The number of rotatable bonds is 0. The molecule has 0 aliphatic heterocycles. The highest BCUT2D eigenvalue weighted by molar-refractivity contribution is 5.99. The summed E-state index contributed by atoms with van der Waals surface area (Å²) in [7, 11) is 0. The molecule has 4 aromatic rings. The molecule has 0 radical (unpaired) electrons. The van der Waals surface area contributed by atoms with E-state index in [4.69, 9.17) is 0 Å². The Morgan fingerprint density at radius 1 is 0.567 bits per heavy atom. The maximum atomic E-state index is 2.45. The van der Waals surface area contributed by atoms with Crippen molar-refractivity contribution in [3.05, 3.63) is 136 Å². The first kappa shape index (κ1) is 16.4. The Kier molecular flexibility index (Phi) is 3.07. The molecule has 0 amide bonds. The van der Waals surface area contributed by atoms with Gasteiger partial charge in [-0.15, -0.1) is 0 Å². The van der Waals surface area contributed by atoms with E-state index in [2.05, 4.69) is 97.9 Å². The van der Waals surface area contributed by atoms with Gasteiger partial charge in [0.1, 0.15) is 0 Å². The molecule has 0 saturated carbocycles. The molecule has 30 heavy (non-hydrogen) atoms. The molecule has 142 valence electrons. The molecule has 0 atom stereocenters. The maximum absolute atomic E-state index is 2.45. The van der Waals surface area contributed by atoms with Crippen molar-refractivity contribution in [2.75, 3.05) is 0 Å². The summed E-state index contributed by atoms with van der Waals surface area (Å²) >= 11 is 0. The van der Waals surface area contributed by atoms with Crippen molar-refractivity contribution in [3.8, 4) is 11.1 Å². The second kappa shape index (κ2) is 5.61. The molecule has 0 nitrogen and oxygen atoms in total. The number of fused-ring (bicyclic) bond motifs is 11. The highest BCUT2D eigenvalue weighted by Gasteiger charge is 2.53. The summed E-state index contributed by atoms with van der Waals surface area (Å²) < 4.78 is 0. The first-order chi connectivity index (χ1) is 14.8. The van der Waals surface area contributed by atoms with Gasteiger partial charge >= 0.3 is 0 Å². The van der Waals surface area contributed by atoms with Gasteiger partial charge in [-0.25, -0.2) is 0 Å². The molecule has 3 aliphatic rings. The third-order valence-corrected chi connectivity index (χ3v) is 7.49. The zero-order chi connectivity index (χ0) is 19.9. The smallest absolute Gasteiger partial charge is 0.0620 e. The number of hydrogen-bond acceptors (Lipinski definition) is 0. The molecule has 0 heteroatoms. The van der Waals surface area contributed by atoms with E-state index in [9.17, 15) is 0 Å². The predicted octanol–water partition coefficient (Wildman–Crippen LogP) is 7.07. The van der Waals surface area contributed by atoms with E-state index in [1.165, 1.54) is 55.6 Å². The van der Waals surface area contributed by atoms with E-state index in [0.29, 0.717) is 0 Å². The molecular weight excluding hydrogens is 360 g/mol. The first-order valence-corrected chi connectivity index (χ1v) is 10.9. The minimum absolute atomic E-state index is 0.155. The Bertz CT molecular complexity index is 1350. The van der Waals surface area contributed by atoms with E-state index < -0.39 is 0 Å². The fraction of sp³-hybridized carbons (Fsp3) is 0.133. The first-order valence-electron chi connectivity index (χ1n) is 10.9. The molecule has 4 aromatic carbocycles. The van der Waals surface area contributed by atoms with Crippen LogP contribution in [0.1, 0.15) is 45.4 Å². The summed E-state index contributed by atoms with van der Waals surface area (Å²) in [5.41, 5.74) is 15.8. The number of allylic oxidation sites excluding steroid dienone is 1. The van der Waals surface area contributed by atoms with Gasteiger partial charge < -0.3 is 0 Å². The largest absolute Gasteiger partial charge is 0.0688 e. The van der Waals surface area contributed by atoms with Crippen LogP contribution in [0.25, 0.3) is 16.7 Å². The summed E-state index contributed by atoms with van der Waals surface area (Å²) in [4.78, 5) is 0. The Balaban J connectivity index is 1.70. The third kappa shape index (κ3) is 1.79. The second-order valence-corrected chi connectivity index (χ2v) is 8.90. The van der Waals surface area contributed by atoms with E-state index in [1.54, 1.807) is 5.57 Å². The van der Waals surface area contributed by atoms with E-state index >= 15 is 0 Å². The van der Waals surface area contributed by atoms with Gasteiger partial charge in [0.25, 0.3) is 0 Å². The SMILES string of the molecule is Cc1ccc2c(c1)C1(C3=C2c2ccccc2CC3)c2ccccc2-c2ccccc21. The molecule has 1 spiro atoms. The predicted molar refractivity (Wildman–Crippen MR) is 124 cm³/mol. The van der Waals surface area contributed by atoms with Crippen LogP contribution in [-0.2, 0) is 11.8 Å². The summed E-state index contributed by atoms with van der Waals surface area (Å²) in [6.07, 6.45) is 2.23. The fourth-order valence-corrected chi connectivity index (χ4v) is 6.41. The normalized spacial score (nSPS) is 16.7. The van der Waals surface area contributed by atoms with Crippen LogP contribution in [0.2, 0.25) is 0 Å². The van der Waals surface area contributed by atoms with Gasteiger partial charge in [0.2, 0.25) is 0 Å². The van der Waals surface area contributed by atoms with Crippen molar-refractivity contribution in [2.45, 2.75) is 25.2 Å². The fourth-order valence-electron chi connectivity index (χ4n) is 6.41. The summed E-state index contributed by atoms with van der Waals surface area (Å²) in [6, 6.07) is 34.3. The van der Waals surface area contributed by atoms with Gasteiger partial charge in [-0.05, 0) is 75.4 Å². The summed E-state index contributed by atoms with van der Waals surface area (Å²) in [5.74, 6) is 0. The highest BCUT2D eigenvalue weighted by Crippen LogP contribution is 2.64. The average Bonchev–Trinajstić information content (AvgIpc) is 3.26. The molecule has 0 saturated heterocycles. The number of benzene rings is 4. The van der Waals surface area contributed by atoms with Crippen molar-refractivity contribution < 1.29 is 0 Å². The Hall–Kier alpha value is -3.38. The molecule has 0 N–H and O–H groups in total. The molecule has 0 bridgehead atoms. The number of aryl methyl sites for hydroxylation is 2. The van der Waals surface area contributed by atoms with Crippen molar-refractivity contribution in [3.63, 3.8) is 0 Å². The van der Waals surface area contributed by atoms with Crippen LogP contribution in [0.5, 0.6) is 0 Å². The van der Waals surface area contributed by atoms with Crippen LogP contribution in [0.4, 0.5) is 0 Å². The molecular formula is C30H22. The standard InChI is InChI=1S/C30H22/c1-19-14-16-24-28(18-19)30(27-17-15-20-8-2-3-9-21(20)29(24)27)25-12-6-4-10-22(25)23-11-5-7-13-26(23)30/h2-14,16,18H,15,17H2,1H3. The van der Waals surface area contributed by atoms with Gasteiger partial charge in [-0.2, -0.15) is 0 Å². The lowest BCUT2D eigenvalue weighted by Crippen LogP contribution is -2.28. The molecule has 7 rings (SSSR count). The van der Waals surface area contributed by atoms with Crippen LogP contribution in [0.15, 0.2) is 96.6 Å². The zero-order valence-corrected chi connectivity index (χ0v) is 17.1. The monoisotopic (exact) mass is 382 g/mol. The van der Waals surface area contributed by atoms with Crippen LogP contribution in [0, 0.1) is 6.92 Å². The van der Waals surface area contributed by atoms with Gasteiger partial charge in [0.15, 0.2) is 0 Å². The lowest BCUT2D eigenvalue weighted by Gasteiger charge is -2.34. The quantitative estimate of drug-likeness (QED) is 0.305. The van der Waals surface area contributed by atoms with Gasteiger partial charge in [-0.1, -0.05) is 96.6 Å². The second-order valence-electron chi connectivity index (χ2n) is 8.90. The zero-order valence-electron chi connectivity index (χ0n) is 17.1. The molecule has 3 aliphatic carbocycles. The molecule has 0 fully saturated rings. The van der Waals surface area contributed by atoms with Crippen LogP contribution in [-0.4, -0.2) is 0 Å².